The van der Waals surface area contributed by atoms with E-state index < -0.39 is 17.8 Å². The van der Waals surface area contributed by atoms with Gasteiger partial charge in [0.2, 0.25) is 0 Å². The second-order valence-corrected chi connectivity index (χ2v) is 5.33. The van der Waals surface area contributed by atoms with Gasteiger partial charge < -0.3 is 5.32 Å². The Morgan fingerprint density at radius 1 is 1.45 bits per heavy atom. The number of aromatic nitrogens is 4. The van der Waals surface area contributed by atoms with E-state index in [1.807, 2.05) is 6.92 Å². The highest BCUT2D eigenvalue weighted by Crippen LogP contribution is 2.28. The summed E-state index contributed by atoms with van der Waals surface area (Å²) < 4.78 is 41.0. The van der Waals surface area contributed by atoms with Gasteiger partial charge in [-0.2, -0.15) is 23.4 Å². The zero-order chi connectivity index (χ0) is 16.5. The highest BCUT2D eigenvalue weighted by atomic mass is 79.9. The minimum absolute atomic E-state index is 0.139. The van der Waals surface area contributed by atoms with Crippen molar-refractivity contribution in [2.45, 2.75) is 26.2 Å². The molecule has 2 aromatic rings. The summed E-state index contributed by atoms with van der Waals surface area (Å²) in [6.07, 6.45) is -2.99. The summed E-state index contributed by atoms with van der Waals surface area (Å²) in [5.74, 6) is -0.638. The molecular weight excluding hydrogens is 367 g/mol. The normalized spacial score (nSPS) is 11.7. The molecule has 6 nitrogen and oxygen atoms in total. The van der Waals surface area contributed by atoms with Crippen molar-refractivity contribution in [3.63, 3.8) is 0 Å². The molecule has 2 rings (SSSR count). The third kappa shape index (κ3) is 3.32. The Morgan fingerprint density at radius 2 is 2.14 bits per heavy atom. The van der Waals surface area contributed by atoms with E-state index in [0.717, 1.165) is 20.9 Å². The first-order valence-electron chi connectivity index (χ1n) is 6.33. The molecule has 0 radical (unpaired) electrons. The molecule has 1 amide bonds. The van der Waals surface area contributed by atoms with Crippen LogP contribution in [0.2, 0.25) is 0 Å². The Hall–Kier alpha value is -1.84. The van der Waals surface area contributed by atoms with E-state index in [-0.39, 0.29) is 12.2 Å². The lowest BCUT2D eigenvalue weighted by Crippen LogP contribution is -2.26. The van der Waals surface area contributed by atoms with Crippen molar-refractivity contribution < 1.29 is 18.0 Å². The summed E-state index contributed by atoms with van der Waals surface area (Å²) in [6.45, 7) is 2.64. The molecule has 0 saturated heterocycles. The van der Waals surface area contributed by atoms with E-state index in [1.54, 1.807) is 10.9 Å². The third-order valence-corrected chi connectivity index (χ3v) is 3.68. The third-order valence-electron chi connectivity index (χ3n) is 3.02. The lowest BCUT2D eigenvalue weighted by atomic mass is 10.3. The number of nitrogens with one attached hydrogen (secondary N) is 1. The number of amides is 1. The van der Waals surface area contributed by atoms with Crippen molar-refractivity contribution in [3.05, 3.63) is 33.8 Å². The Bertz CT molecular complexity index is 691. The van der Waals surface area contributed by atoms with Crippen LogP contribution in [0.15, 0.2) is 16.7 Å². The predicted molar refractivity (Wildman–Crippen MR) is 75.0 cm³/mol. The van der Waals surface area contributed by atoms with Crippen molar-refractivity contribution in [1.29, 1.82) is 0 Å². The van der Waals surface area contributed by atoms with Gasteiger partial charge in [0, 0.05) is 19.7 Å². The van der Waals surface area contributed by atoms with Gasteiger partial charge in [0.25, 0.3) is 5.91 Å². The van der Waals surface area contributed by atoms with Crippen molar-refractivity contribution >= 4 is 21.8 Å². The lowest BCUT2D eigenvalue weighted by molar-refractivity contribution is -0.141. The second kappa shape index (κ2) is 6.11. The molecule has 0 fully saturated rings. The summed E-state index contributed by atoms with van der Waals surface area (Å²) in [6, 6.07) is 0.724. The maximum absolute atomic E-state index is 12.6. The number of hydrogen-bond acceptors (Lipinski definition) is 3. The number of carbonyl (C=O) groups is 1. The molecule has 0 atom stereocenters. The summed E-state index contributed by atoms with van der Waals surface area (Å²) in [4.78, 5) is 12.0. The quantitative estimate of drug-likeness (QED) is 0.886. The van der Waals surface area contributed by atoms with E-state index in [2.05, 4.69) is 31.4 Å². The molecule has 0 aliphatic heterocycles. The van der Waals surface area contributed by atoms with Crippen LogP contribution in [0.1, 0.15) is 28.8 Å². The van der Waals surface area contributed by atoms with Gasteiger partial charge in [0.1, 0.15) is 5.69 Å². The first-order chi connectivity index (χ1) is 10.2. The molecule has 0 unspecified atom stereocenters. The van der Waals surface area contributed by atoms with Crippen LogP contribution in [0.5, 0.6) is 0 Å². The van der Waals surface area contributed by atoms with E-state index in [4.69, 9.17) is 0 Å². The summed E-state index contributed by atoms with van der Waals surface area (Å²) in [7, 11) is 1.29. The van der Waals surface area contributed by atoms with Crippen molar-refractivity contribution in [2.75, 3.05) is 0 Å². The highest BCUT2D eigenvalue weighted by Gasteiger charge is 2.35. The largest absolute Gasteiger partial charge is 0.435 e. The average molecular weight is 380 g/mol. The fourth-order valence-corrected chi connectivity index (χ4v) is 2.35. The molecule has 0 spiro atoms. The molecule has 0 aromatic carbocycles. The zero-order valence-corrected chi connectivity index (χ0v) is 13.4. The molecule has 22 heavy (non-hydrogen) atoms. The van der Waals surface area contributed by atoms with Gasteiger partial charge in [-0.1, -0.05) is 0 Å². The summed E-state index contributed by atoms with van der Waals surface area (Å²) in [5.41, 5.74) is -0.528. The van der Waals surface area contributed by atoms with E-state index in [1.165, 1.54) is 7.05 Å². The number of nitrogens with zero attached hydrogens (tertiary/aromatic N) is 4. The Kier molecular flexibility index (Phi) is 4.59. The van der Waals surface area contributed by atoms with Crippen LogP contribution < -0.4 is 5.32 Å². The van der Waals surface area contributed by atoms with E-state index in [9.17, 15) is 18.0 Å². The average Bonchev–Trinajstić information content (AvgIpc) is 2.99. The minimum atomic E-state index is -4.58. The number of aryl methyl sites for hydroxylation is 2. The number of halogens is 4. The number of rotatable bonds is 4. The van der Waals surface area contributed by atoms with Crippen LogP contribution in [-0.4, -0.2) is 25.5 Å². The fraction of sp³-hybridized carbons (Fsp3) is 0.417. The van der Waals surface area contributed by atoms with Gasteiger partial charge in [-0.05, 0) is 22.9 Å². The van der Waals surface area contributed by atoms with Gasteiger partial charge in [-0.3, -0.25) is 14.2 Å². The zero-order valence-electron chi connectivity index (χ0n) is 11.8. The van der Waals surface area contributed by atoms with E-state index in [0.29, 0.717) is 6.54 Å². The van der Waals surface area contributed by atoms with E-state index >= 15 is 0 Å². The maximum Gasteiger partial charge on any atom is 0.435 e. The van der Waals surface area contributed by atoms with Gasteiger partial charge >= 0.3 is 6.18 Å². The predicted octanol–water partition coefficient (Wildman–Crippen LogP) is 2.35. The molecule has 0 aliphatic rings. The standard InChI is InChI=1S/C12H13BrF3N5O/c1-3-21-9(7(13)5-18-21)6-17-11(22)8-4-10(12(14,15)16)19-20(8)2/h4-5H,3,6H2,1-2H3,(H,17,22). The highest BCUT2D eigenvalue weighted by molar-refractivity contribution is 9.10. The smallest absolute Gasteiger partial charge is 0.345 e. The van der Waals surface area contributed by atoms with Gasteiger partial charge in [0.05, 0.1) is 22.9 Å². The van der Waals surface area contributed by atoms with Crippen LogP contribution >= 0.6 is 15.9 Å². The first-order valence-corrected chi connectivity index (χ1v) is 7.13. The summed E-state index contributed by atoms with van der Waals surface area (Å²) >= 11 is 3.31. The molecule has 10 heteroatoms. The van der Waals surface area contributed by atoms with Crippen LogP contribution in [0.3, 0.4) is 0 Å². The number of carbonyl (C=O) groups excluding carboxylic acids is 1. The Balaban J connectivity index is 2.13. The Morgan fingerprint density at radius 3 is 2.68 bits per heavy atom. The van der Waals surface area contributed by atoms with Crippen LogP contribution in [-0.2, 0) is 26.3 Å². The topological polar surface area (TPSA) is 64.7 Å². The van der Waals surface area contributed by atoms with Gasteiger partial charge in [0.15, 0.2) is 5.69 Å². The minimum Gasteiger partial charge on any atom is -0.345 e. The maximum atomic E-state index is 12.6. The SMILES string of the molecule is CCn1ncc(Br)c1CNC(=O)c1cc(C(F)(F)F)nn1C. The molecule has 120 valence electrons. The molecule has 2 heterocycles. The number of hydrogen-bond donors (Lipinski definition) is 1. The summed E-state index contributed by atoms with van der Waals surface area (Å²) in [5, 5.41) is 9.96. The molecular formula is C12H13BrF3N5O. The monoisotopic (exact) mass is 379 g/mol. The van der Waals surface area contributed by atoms with Crippen molar-refractivity contribution in [1.82, 2.24) is 24.9 Å². The first kappa shape index (κ1) is 16.5. The van der Waals surface area contributed by atoms with Crippen molar-refractivity contribution in [3.8, 4) is 0 Å². The van der Waals surface area contributed by atoms with Crippen LogP contribution in [0, 0.1) is 0 Å². The fourth-order valence-electron chi connectivity index (χ4n) is 1.91. The van der Waals surface area contributed by atoms with Crippen molar-refractivity contribution in [2.24, 2.45) is 7.05 Å². The van der Waals surface area contributed by atoms with Crippen LogP contribution in [0.4, 0.5) is 13.2 Å². The van der Waals surface area contributed by atoms with Crippen LogP contribution in [0.25, 0.3) is 0 Å². The van der Waals surface area contributed by atoms with Gasteiger partial charge in [-0.25, -0.2) is 0 Å². The molecule has 0 saturated carbocycles. The molecule has 0 aliphatic carbocycles. The number of alkyl halides is 3. The second-order valence-electron chi connectivity index (χ2n) is 4.47. The molecule has 2 aromatic heterocycles. The Labute approximate surface area is 132 Å². The van der Waals surface area contributed by atoms with Gasteiger partial charge in [-0.15, -0.1) is 0 Å². The molecule has 1 N–H and O–H groups in total. The molecule has 0 bridgehead atoms. The lowest BCUT2D eigenvalue weighted by Gasteiger charge is -2.08.